The van der Waals surface area contributed by atoms with Gasteiger partial charge in [0.15, 0.2) is 6.17 Å². The molecule has 0 spiro atoms. The highest BCUT2D eigenvalue weighted by Gasteiger charge is 2.35. The van der Waals surface area contributed by atoms with Crippen LogP contribution in [0.4, 0.5) is 5.00 Å². The number of amides is 1. The van der Waals surface area contributed by atoms with E-state index in [4.69, 9.17) is 16.0 Å². The maximum absolute atomic E-state index is 12.9. The summed E-state index contributed by atoms with van der Waals surface area (Å²) < 4.78 is 6.03. The number of rotatable bonds is 3. The van der Waals surface area contributed by atoms with Crippen LogP contribution < -0.4 is 15.5 Å². The first-order valence-corrected chi connectivity index (χ1v) is 10.7. The number of fused-ring (bicyclic) bond motifs is 3. The number of carbonyl (C=O) groups excluding carboxylic acids is 1. The molecule has 144 valence electrons. The summed E-state index contributed by atoms with van der Waals surface area (Å²) in [7, 11) is 0. The van der Waals surface area contributed by atoms with Gasteiger partial charge in [0.05, 0.1) is 23.5 Å². The van der Waals surface area contributed by atoms with Crippen LogP contribution in [0.25, 0.3) is 11.3 Å². The lowest BCUT2D eigenvalue weighted by molar-refractivity contribution is -0.913. The Bertz CT molecular complexity index is 1040. The number of carbonyl (C=O) groups is 1. The third-order valence-corrected chi connectivity index (χ3v) is 6.96. The molecule has 5 rings (SSSR count). The second kappa shape index (κ2) is 6.95. The molecular formula is C21H21ClN3O2S+. The summed E-state index contributed by atoms with van der Waals surface area (Å²) >= 11 is 7.68. The van der Waals surface area contributed by atoms with Gasteiger partial charge in [-0.2, -0.15) is 0 Å². The minimum Gasteiger partial charge on any atom is -0.457 e. The smallest absolute Gasteiger partial charge is 0.256 e. The van der Waals surface area contributed by atoms with Crippen LogP contribution in [0.5, 0.6) is 0 Å². The maximum Gasteiger partial charge on any atom is 0.256 e. The van der Waals surface area contributed by atoms with E-state index in [1.54, 1.807) is 16.2 Å². The van der Waals surface area contributed by atoms with Crippen LogP contribution in [0.2, 0.25) is 5.02 Å². The first-order valence-electron chi connectivity index (χ1n) is 9.53. The minimum absolute atomic E-state index is 0.0133. The van der Waals surface area contributed by atoms with Gasteiger partial charge in [0.1, 0.15) is 23.1 Å². The van der Waals surface area contributed by atoms with E-state index in [1.165, 1.54) is 10.4 Å². The third kappa shape index (κ3) is 3.02. The number of benzene rings is 1. The Kier molecular flexibility index (Phi) is 4.42. The molecule has 0 aliphatic carbocycles. The molecule has 2 aliphatic rings. The van der Waals surface area contributed by atoms with E-state index < -0.39 is 0 Å². The van der Waals surface area contributed by atoms with Gasteiger partial charge in [-0.25, -0.2) is 0 Å². The number of quaternary nitrogens is 1. The topological polar surface area (TPSA) is 58.7 Å². The van der Waals surface area contributed by atoms with Crippen molar-refractivity contribution in [2.75, 3.05) is 18.4 Å². The second-order valence-electron chi connectivity index (χ2n) is 7.25. The third-order valence-electron chi connectivity index (χ3n) is 5.55. The van der Waals surface area contributed by atoms with Gasteiger partial charge in [-0.1, -0.05) is 11.6 Å². The molecule has 2 atom stereocenters. The van der Waals surface area contributed by atoms with Crippen LogP contribution in [-0.4, -0.2) is 19.0 Å². The Hall–Kier alpha value is -2.28. The van der Waals surface area contributed by atoms with Gasteiger partial charge in [0, 0.05) is 17.0 Å². The highest BCUT2D eigenvalue weighted by atomic mass is 35.5. The fraction of sp³-hybridized carbons (Fsp3) is 0.286. The number of hydrogen-bond donors (Lipinski definition) is 3. The Morgan fingerprint density at radius 1 is 1.21 bits per heavy atom. The monoisotopic (exact) mass is 414 g/mol. The fourth-order valence-corrected chi connectivity index (χ4v) is 5.44. The Balaban J connectivity index is 1.42. The molecule has 0 saturated heterocycles. The van der Waals surface area contributed by atoms with Crippen molar-refractivity contribution < 1.29 is 14.1 Å². The number of halogens is 1. The molecule has 2 aliphatic heterocycles. The lowest BCUT2D eigenvalue weighted by Gasteiger charge is -2.25. The number of likely N-dealkylation sites (N-methyl/N-ethyl adjacent to an activating group) is 1. The summed E-state index contributed by atoms with van der Waals surface area (Å²) in [6.45, 7) is 5.42. The Morgan fingerprint density at radius 2 is 2.04 bits per heavy atom. The van der Waals surface area contributed by atoms with E-state index in [0.717, 1.165) is 47.9 Å². The molecule has 28 heavy (non-hydrogen) atoms. The molecule has 0 saturated carbocycles. The Morgan fingerprint density at radius 3 is 2.82 bits per heavy atom. The van der Waals surface area contributed by atoms with Crippen molar-refractivity contribution in [3.63, 3.8) is 0 Å². The summed E-state index contributed by atoms with van der Waals surface area (Å²) in [5, 5.41) is 8.18. The number of hydrogen-bond acceptors (Lipinski definition) is 4. The maximum atomic E-state index is 12.9. The summed E-state index contributed by atoms with van der Waals surface area (Å²) in [5.74, 6) is 1.43. The van der Waals surface area contributed by atoms with E-state index in [1.807, 2.05) is 36.4 Å². The SMILES string of the molecule is CC[NH+]1CCc2c(sc3c2C(=O)N[C@@H](c2ccc(-c4ccc(Cl)cc4)o2)N3)C1. The van der Waals surface area contributed by atoms with Crippen molar-refractivity contribution in [3.8, 4) is 11.3 Å². The largest absolute Gasteiger partial charge is 0.457 e. The number of anilines is 1. The van der Waals surface area contributed by atoms with E-state index in [9.17, 15) is 4.79 Å². The van der Waals surface area contributed by atoms with Gasteiger partial charge in [0.2, 0.25) is 0 Å². The zero-order valence-electron chi connectivity index (χ0n) is 15.5. The first kappa shape index (κ1) is 17.8. The molecule has 1 aromatic carbocycles. The van der Waals surface area contributed by atoms with E-state index in [-0.39, 0.29) is 12.1 Å². The van der Waals surface area contributed by atoms with Gasteiger partial charge in [-0.05, 0) is 48.9 Å². The number of thiophene rings is 1. The molecule has 7 heteroatoms. The van der Waals surface area contributed by atoms with Crippen LogP contribution >= 0.6 is 22.9 Å². The quantitative estimate of drug-likeness (QED) is 0.615. The summed E-state index contributed by atoms with van der Waals surface area (Å²) in [4.78, 5) is 15.8. The molecular weight excluding hydrogens is 394 g/mol. The second-order valence-corrected chi connectivity index (χ2v) is 8.79. The predicted molar refractivity (Wildman–Crippen MR) is 111 cm³/mol. The van der Waals surface area contributed by atoms with Gasteiger partial charge >= 0.3 is 0 Å². The van der Waals surface area contributed by atoms with Gasteiger partial charge in [0.25, 0.3) is 5.91 Å². The highest BCUT2D eigenvalue weighted by molar-refractivity contribution is 7.16. The lowest BCUT2D eigenvalue weighted by Crippen LogP contribution is -3.11. The molecule has 0 bridgehead atoms. The van der Waals surface area contributed by atoms with E-state index in [0.29, 0.717) is 10.8 Å². The average molecular weight is 415 g/mol. The van der Waals surface area contributed by atoms with Crippen LogP contribution in [0.15, 0.2) is 40.8 Å². The predicted octanol–water partition coefficient (Wildman–Crippen LogP) is 3.48. The summed E-state index contributed by atoms with van der Waals surface area (Å²) in [6, 6.07) is 11.3. The van der Waals surface area contributed by atoms with Crippen molar-refractivity contribution in [1.29, 1.82) is 0 Å². The van der Waals surface area contributed by atoms with Crippen LogP contribution in [0, 0.1) is 0 Å². The van der Waals surface area contributed by atoms with Crippen molar-refractivity contribution >= 4 is 33.8 Å². The van der Waals surface area contributed by atoms with Crippen molar-refractivity contribution in [1.82, 2.24) is 5.32 Å². The van der Waals surface area contributed by atoms with Crippen molar-refractivity contribution in [3.05, 3.63) is 63.2 Å². The van der Waals surface area contributed by atoms with Crippen molar-refractivity contribution in [2.45, 2.75) is 26.1 Å². The zero-order chi connectivity index (χ0) is 19.3. The molecule has 0 radical (unpaired) electrons. The number of furan rings is 1. The average Bonchev–Trinajstić information content (AvgIpc) is 3.32. The van der Waals surface area contributed by atoms with Crippen LogP contribution in [-0.2, 0) is 13.0 Å². The Labute approximate surface area is 172 Å². The van der Waals surface area contributed by atoms with Crippen LogP contribution in [0.3, 0.4) is 0 Å². The molecule has 1 unspecified atom stereocenters. The number of nitrogens with one attached hydrogen (secondary N) is 3. The minimum atomic E-state index is -0.365. The molecule has 0 fully saturated rings. The summed E-state index contributed by atoms with van der Waals surface area (Å²) in [5.41, 5.74) is 3.01. The molecule has 1 amide bonds. The zero-order valence-corrected chi connectivity index (χ0v) is 17.0. The van der Waals surface area contributed by atoms with Gasteiger partial charge < -0.3 is 20.0 Å². The van der Waals surface area contributed by atoms with Gasteiger partial charge in [-0.3, -0.25) is 4.79 Å². The normalized spacial score (nSPS) is 20.9. The molecule has 3 aromatic rings. The van der Waals surface area contributed by atoms with E-state index in [2.05, 4.69) is 17.6 Å². The van der Waals surface area contributed by atoms with E-state index >= 15 is 0 Å². The molecule has 3 N–H and O–H groups in total. The first-order chi connectivity index (χ1) is 13.6. The van der Waals surface area contributed by atoms with Gasteiger partial charge in [-0.15, -0.1) is 11.3 Å². The molecule has 2 aromatic heterocycles. The molecule has 5 nitrogen and oxygen atoms in total. The fourth-order valence-electron chi connectivity index (χ4n) is 3.97. The standard InChI is InChI=1S/C21H20ClN3O2S/c1-2-25-10-9-14-17(11-25)28-21-18(14)20(26)23-19(24-21)16-8-7-15(27-16)12-3-5-13(22)6-4-12/h3-8,19,24H,2,9-11H2,1H3,(H,23,26)/p+1/t19-/m1/s1. The lowest BCUT2D eigenvalue weighted by atomic mass is 10.0. The molecule has 4 heterocycles. The summed E-state index contributed by atoms with van der Waals surface area (Å²) in [6.07, 6.45) is 0.599. The van der Waals surface area contributed by atoms with Crippen molar-refractivity contribution in [2.24, 2.45) is 0 Å². The van der Waals surface area contributed by atoms with Crippen LogP contribution in [0.1, 0.15) is 39.6 Å². The highest BCUT2D eigenvalue weighted by Crippen LogP contribution is 2.39.